The Morgan fingerprint density at radius 1 is 1.33 bits per heavy atom. The van der Waals surface area contributed by atoms with Gasteiger partial charge in [-0.3, -0.25) is 4.79 Å². The molecular formula is C14H15NOS2. The molecule has 1 heterocycles. The van der Waals surface area contributed by atoms with Crippen LogP contribution in [0.4, 0.5) is 0 Å². The zero-order valence-corrected chi connectivity index (χ0v) is 11.9. The maximum absolute atomic E-state index is 12.0. The van der Waals surface area contributed by atoms with Gasteiger partial charge in [-0.05, 0) is 12.0 Å². The first-order chi connectivity index (χ1) is 8.79. The number of aryl methyl sites for hydroxylation is 1. The molecule has 0 N–H and O–H groups in total. The number of rotatable bonds is 6. The lowest BCUT2D eigenvalue weighted by molar-refractivity contribution is 0.102. The normalized spacial score (nSPS) is 10.5. The molecule has 0 spiro atoms. The minimum Gasteiger partial charge on any atom is -0.293 e. The molecule has 2 rings (SSSR count). The largest absolute Gasteiger partial charge is 0.293 e. The van der Waals surface area contributed by atoms with E-state index < -0.39 is 0 Å². The summed E-state index contributed by atoms with van der Waals surface area (Å²) in [6, 6.07) is 7.95. The highest BCUT2D eigenvalue weighted by molar-refractivity contribution is 8.01. The summed E-state index contributed by atoms with van der Waals surface area (Å²) in [6.07, 6.45) is 3.96. The molecule has 0 saturated heterocycles. The van der Waals surface area contributed by atoms with E-state index in [-0.39, 0.29) is 5.78 Å². The Balaban J connectivity index is 1.92. The Kier molecular flexibility index (Phi) is 4.96. The van der Waals surface area contributed by atoms with Gasteiger partial charge in [-0.25, -0.2) is 4.98 Å². The second-order valence-corrected chi connectivity index (χ2v) is 6.07. The van der Waals surface area contributed by atoms with Crippen molar-refractivity contribution in [3.63, 3.8) is 0 Å². The summed E-state index contributed by atoms with van der Waals surface area (Å²) >= 11 is 3.07. The third-order valence-electron chi connectivity index (χ3n) is 2.55. The number of benzene rings is 1. The molecule has 1 aromatic heterocycles. The molecule has 18 heavy (non-hydrogen) atoms. The SMILES string of the molecule is CCCc1ccc(C(=O)CSc2nccs2)cc1. The van der Waals surface area contributed by atoms with E-state index in [4.69, 9.17) is 0 Å². The zero-order chi connectivity index (χ0) is 12.8. The molecule has 0 aliphatic carbocycles. The standard InChI is InChI=1S/C14H15NOS2/c1-2-3-11-4-6-12(7-5-11)13(16)10-18-14-15-8-9-17-14/h4-9H,2-3,10H2,1H3. The second kappa shape index (κ2) is 6.71. The number of thioether (sulfide) groups is 1. The minimum absolute atomic E-state index is 0.165. The first-order valence-corrected chi connectivity index (χ1v) is 7.80. The van der Waals surface area contributed by atoms with Crippen molar-refractivity contribution in [3.8, 4) is 0 Å². The van der Waals surface area contributed by atoms with Gasteiger partial charge in [-0.1, -0.05) is 49.4 Å². The van der Waals surface area contributed by atoms with E-state index in [0.717, 1.165) is 22.7 Å². The van der Waals surface area contributed by atoms with E-state index in [1.807, 2.05) is 29.6 Å². The number of nitrogens with zero attached hydrogens (tertiary/aromatic N) is 1. The van der Waals surface area contributed by atoms with E-state index in [2.05, 4.69) is 11.9 Å². The first kappa shape index (κ1) is 13.3. The van der Waals surface area contributed by atoms with Crippen LogP contribution < -0.4 is 0 Å². The van der Waals surface area contributed by atoms with Crippen molar-refractivity contribution >= 4 is 28.9 Å². The van der Waals surface area contributed by atoms with Gasteiger partial charge in [0.25, 0.3) is 0 Å². The van der Waals surface area contributed by atoms with Crippen LogP contribution >= 0.6 is 23.1 Å². The minimum atomic E-state index is 0.165. The van der Waals surface area contributed by atoms with Crippen molar-refractivity contribution in [3.05, 3.63) is 47.0 Å². The molecule has 0 atom stereocenters. The average Bonchev–Trinajstić information content (AvgIpc) is 2.90. The summed E-state index contributed by atoms with van der Waals surface area (Å²) in [4.78, 5) is 16.1. The smallest absolute Gasteiger partial charge is 0.173 e. The summed E-state index contributed by atoms with van der Waals surface area (Å²) in [7, 11) is 0. The van der Waals surface area contributed by atoms with Crippen molar-refractivity contribution in [2.45, 2.75) is 24.1 Å². The number of carbonyl (C=O) groups excluding carboxylic acids is 1. The van der Waals surface area contributed by atoms with E-state index in [0.29, 0.717) is 5.75 Å². The molecule has 0 radical (unpaired) electrons. The molecule has 0 saturated carbocycles. The van der Waals surface area contributed by atoms with Gasteiger partial charge in [-0.2, -0.15) is 0 Å². The molecule has 0 bridgehead atoms. The monoisotopic (exact) mass is 277 g/mol. The molecule has 2 aromatic rings. The number of thiazole rings is 1. The Morgan fingerprint density at radius 3 is 2.72 bits per heavy atom. The third-order valence-corrected chi connectivity index (χ3v) is 4.52. The van der Waals surface area contributed by atoms with Crippen LogP contribution in [0.5, 0.6) is 0 Å². The summed E-state index contributed by atoms with van der Waals surface area (Å²) in [5.41, 5.74) is 2.08. The van der Waals surface area contributed by atoms with Gasteiger partial charge in [0.05, 0.1) is 5.75 Å². The number of hydrogen-bond acceptors (Lipinski definition) is 4. The van der Waals surface area contributed by atoms with Crippen LogP contribution in [0.15, 0.2) is 40.2 Å². The number of ketones is 1. The molecule has 0 aliphatic rings. The molecule has 1 aromatic carbocycles. The lowest BCUT2D eigenvalue weighted by Crippen LogP contribution is -2.02. The highest BCUT2D eigenvalue weighted by Crippen LogP contribution is 2.21. The fourth-order valence-corrected chi connectivity index (χ4v) is 3.17. The Hall–Kier alpha value is -1.13. The summed E-state index contributed by atoms with van der Waals surface area (Å²) in [6.45, 7) is 2.16. The number of carbonyl (C=O) groups is 1. The highest BCUT2D eigenvalue weighted by atomic mass is 32.2. The molecule has 0 unspecified atom stereocenters. The van der Waals surface area contributed by atoms with Crippen LogP contribution in [0.2, 0.25) is 0 Å². The lowest BCUT2D eigenvalue weighted by atomic mass is 10.1. The van der Waals surface area contributed by atoms with E-state index in [1.165, 1.54) is 17.3 Å². The Labute approximate surface area is 115 Å². The molecular weight excluding hydrogens is 262 g/mol. The summed E-state index contributed by atoms with van der Waals surface area (Å²) in [5.74, 6) is 0.624. The Morgan fingerprint density at radius 2 is 2.11 bits per heavy atom. The van der Waals surface area contributed by atoms with E-state index >= 15 is 0 Å². The summed E-state index contributed by atoms with van der Waals surface area (Å²) in [5, 5.41) is 1.92. The number of hydrogen-bond donors (Lipinski definition) is 0. The maximum Gasteiger partial charge on any atom is 0.173 e. The topological polar surface area (TPSA) is 30.0 Å². The van der Waals surface area contributed by atoms with E-state index in [1.54, 1.807) is 17.5 Å². The van der Waals surface area contributed by atoms with Gasteiger partial charge in [0, 0.05) is 17.1 Å². The Bertz CT molecular complexity index is 491. The molecule has 0 aliphatic heterocycles. The number of aromatic nitrogens is 1. The number of Topliss-reactive ketones (excluding diaryl/α,β-unsaturated/α-hetero) is 1. The maximum atomic E-state index is 12.0. The fourth-order valence-electron chi connectivity index (χ4n) is 1.64. The van der Waals surface area contributed by atoms with Crippen molar-refractivity contribution in [1.29, 1.82) is 0 Å². The third kappa shape index (κ3) is 3.68. The molecule has 0 amide bonds. The van der Waals surface area contributed by atoms with Crippen molar-refractivity contribution < 1.29 is 4.79 Å². The van der Waals surface area contributed by atoms with Gasteiger partial charge in [0.2, 0.25) is 0 Å². The van der Waals surface area contributed by atoms with E-state index in [9.17, 15) is 4.79 Å². The van der Waals surface area contributed by atoms with Gasteiger partial charge < -0.3 is 0 Å². The average molecular weight is 277 g/mol. The summed E-state index contributed by atoms with van der Waals surface area (Å²) < 4.78 is 0.950. The quantitative estimate of drug-likeness (QED) is 0.589. The van der Waals surface area contributed by atoms with Gasteiger partial charge >= 0.3 is 0 Å². The van der Waals surface area contributed by atoms with Crippen LogP contribution in [0.3, 0.4) is 0 Å². The van der Waals surface area contributed by atoms with Crippen LogP contribution in [-0.4, -0.2) is 16.5 Å². The van der Waals surface area contributed by atoms with Crippen molar-refractivity contribution in [2.75, 3.05) is 5.75 Å². The van der Waals surface area contributed by atoms with Crippen molar-refractivity contribution in [2.24, 2.45) is 0 Å². The van der Waals surface area contributed by atoms with Crippen LogP contribution in [0.1, 0.15) is 29.3 Å². The second-order valence-electron chi connectivity index (χ2n) is 3.96. The fraction of sp³-hybridized carbons (Fsp3) is 0.286. The van der Waals surface area contributed by atoms with Gasteiger partial charge in [-0.15, -0.1) is 11.3 Å². The van der Waals surface area contributed by atoms with Gasteiger partial charge in [0.1, 0.15) is 4.34 Å². The lowest BCUT2D eigenvalue weighted by Gasteiger charge is -2.02. The predicted molar refractivity (Wildman–Crippen MR) is 77.6 cm³/mol. The molecule has 94 valence electrons. The first-order valence-electron chi connectivity index (χ1n) is 5.94. The molecule has 4 heteroatoms. The predicted octanol–water partition coefficient (Wildman–Crippen LogP) is 4.07. The van der Waals surface area contributed by atoms with Gasteiger partial charge in [0.15, 0.2) is 5.78 Å². The van der Waals surface area contributed by atoms with Crippen molar-refractivity contribution in [1.82, 2.24) is 4.98 Å². The highest BCUT2D eigenvalue weighted by Gasteiger charge is 2.07. The van der Waals surface area contributed by atoms with Crippen LogP contribution in [-0.2, 0) is 6.42 Å². The van der Waals surface area contributed by atoms with Crippen LogP contribution in [0.25, 0.3) is 0 Å². The zero-order valence-electron chi connectivity index (χ0n) is 10.3. The van der Waals surface area contributed by atoms with Crippen LogP contribution in [0, 0.1) is 0 Å². The molecule has 2 nitrogen and oxygen atoms in total. The molecule has 0 fully saturated rings.